The summed E-state index contributed by atoms with van der Waals surface area (Å²) in [6, 6.07) is 7.71. The molecule has 0 aromatic heterocycles. The topological polar surface area (TPSA) is 53.3 Å². The molecule has 1 aromatic carbocycles. The Bertz CT molecular complexity index is 633. The van der Waals surface area contributed by atoms with Crippen LogP contribution in [0.2, 0.25) is 0 Å². The molecular formula is C18H22N2O2. The maximum absolute atomic E-state index is 12.6. The maximum atomic E-state index is 12.6. The zero-order valence-corrected chi connectivity index (χ0v) is 13.4. The van der Waals surface area contributed by atoms with Crippen LogP contribution in [-0.4, -0.2) is 30.1 Å². The van der Waals surface area contributed by atoms with Gasteiger partial charge in [0.05, 0.1) is 12.2 Å². The zero-order chi connectivity index (χ0) is 15.9. The summed E-state index contributed by atoms with van der Waals surface area (Å²) in [6.45, 7) is 7.67. The third-order valence-electron chi connectivity index (χ3n) is 4.56. The van der Waals surface area contributed by atoms with Crippen molar-refractivity contribution >= 4 is 5.91 Å². The molecule has 22 heavy (non-hydrogen) atoms. The van der Waals surface area contributed by atoms with Crippen molar-refractivity contribution in [3.05, 3.63) is 34.9 Å². The molecule has 0 spiro atoms. The second-order valence-electron chi connectivity index (χ2n) is 7.18. The van der Waals surface area contributed by atoms with Crippen LogP contribution in [0.4, 0.5) is 0 Å². The van der Waals surface area contributed by atoms with E-state index in [2.05, 4.69) is 26.8 Å². The number of hydrogen-bond acceptors (Lipinski definition) is 3. The van der Waals surface area contributed by atoms with Crippen molar-refractivity contribution in [3.8, 4) is 6.07 Å². The molecule has 2 aliphatic heterocycles. The lowest BCUT2D eigenvalue weighted by Crippen LogP contribution is -2.34. The van der Waals surface area contributed by atoms with E-state index in [-0.39, 0.29) is 17.4 Å². The summed E-state index contributed by atoms with van der Waals surface area (Å²) in [5.74, 6) is -0.0440. The standard InChI is InChI=1S/C18H22N2O2/c1-18(2,3)12-6-7-14-15(9-12)16(10-19)20(17(14)21)11-13-5-4-8-22-13/h6-7,9,13,16H,4-5,8,11H2,1-3H3. The summed E-state index contributed by atoms with van der Waals surface area (Å²) in [7, 11) is 0. The van der Waals surface area contributed by atoms with E-state index < -0.39 is 6.04 Å². The summed E-state index contributed by atoms with van der Waals surface area (Å²) in [6.07, 6.45) is 2.06. The third kappa shape index (κ3) is 2.50. The predicted octanol–water partition coefficient (Wildman–Crippen LogP) is 3.18. The van der Waals surface area contributed by atoms with E-state index in [0.717, 1.165) is 30.6 Å². The second-order valence-corrected chi connectivity index (χ2v) is 7.18. The Morgan fingerprint density at radius 1 is 1.41 bits per heavy atom. The first kappa shape index (κ1) is 15.1. The average molecular weight is 298 g/mol. The summed E-state index contributed by atoms with van der Waals surface area (Å²) in [5.41, 5.74) is 2.66. The lowest BCUT2D eigenvalue weighted by Gasteiger charge is -2.23. The quantitative estimate of drug-likeness (QED) is 0.842. The van der Waals surface area contributed by atoms with E-state index in [4.69, 9.17) is 4.74 Å². The van der Waals surface area contributed by atoms with Gasteiger partial charge < -0.3 is 9.64 Å². The zero-order valence-electron chi connectivity index (χ0n) is 13.4. The smallest absolute Gasteiger partial charge is 0.255 e. The number of ether oxygens (including phenoxy) is 1. The molecule has 1 saturated heterocycles. The summed E-state index contributed by atoms with van der Waals surface area (Å²) < 4.78 is 5.63. The van der Waals surface area contributed by atoms with Gasteiger partial charge in [-0.1, -0.05) is 32.9 Å². The van der Waals surface area contributed by atoms with Gasteiger partial charge in [0.1, 0.15) is 6.04 Å². The van der Waals surface area contributed by atoms with Crippen LogP contribution in [0.3, 0.4) is 0 Å². The van der Waals surface area contributed by atoms with Crippen LogP contribution in [-0.2, 0) is 10.2 Å². The van der Waals surface area contributed by atoms with Gasteiger partial charge in [0.15, 0.2) is 0 Å². The minimum absolute atomic E-state index is 0.0000663. The van der Waals surface area contributed by atoms with Crippen molar-refractivity contribution in [3.63, 3.8) is 0 Å². The predicted molar refractivity (Wildman–Crippen MR) is 83.5 cm³/mol. The summed E-state index contributed by atoms with van der Waals surface area (Å²) >= 11 is 0. The molecule has 1 fully saturated rings. The fourth-order valence-corrected chi connectivity index (χ4v) is 3.23. The first-order valence-corrected chi connectivity index (χ1v) is 7.88. The van der Waals surface area contributed by atoms with Crippen LogP contribution in [0.25, 0.3) is 0 Å². The minimum atomic E-state index is -0.492. The SMILES string of the molecule is CC(C)(C)c1ccc2c(c1)C(C#N)N(CC1CCCO1)C2=O. The summed E-state index contributed by atoms with van der Waals surface area (Å²) in [5, 5.41) is 9.58. The number of carbonyl (C=O) groups is 1. The molecular weight excluding hydrogens is 276 g/mol. The van der Waals surface area contributed by atoms with Gasteiger partial charge in [-0.25, -0.2) is 0 Å². The molecule has 3 rings (SSSR count). The van der Waals surface area contributed by atoms with Crippen molar-refractivity contribution < 1.29 is 9.53 Å². The molecule has 0 bridgehead atoms. The van der Waals surface area contributed by atoms with Crippen molar-refractivity contribution in [1.29, 1.82) is 5.26 Å². The molecule has 0 aliphatic carbocycles. The Balaban J connectivity index is 1.93. The molecule has 0 saturated carbocycles. The molecule has 1 aromatic rings. The number of benzene rings is 1. The van der Waals surface area contributed by atoms with Crippen LogP contribution in [0.1, 0.15) is 61.1 Å². The Morgan fingerprint density at radius 3 is 2.77 bits per heavy atom. The van der Waals surface area contributed by atoms with Gasteiger partial charge in [0.25, 0.3) is 5.91 Å². The molecule has 2 heterocycles. The first-order chi connectivity index (χ1) is 10.4. The number of nitriles is 1. The number of amides is 1. The number of rotatable bonds is 2. The monoisotopic (exact) mass is 298 g/mol. The number of carbonyl (C=O) groups excluding carboxylic acids is 1. The van der Waals surface area contributed by atoms with Gasteiger partial charge in [-0.3, -0.25) is 4.79 Å². The fourth-order valence-electron chi connectivity index (χ4n) is 3.23. The van der Waals surface area contributed by atoms with Gasteiger partial charge >= 0.3 is 0 Å². The largest absolute Gasteiger partial charge is 0.376 e. The molecule has 2 aliphatic rings. The molecule has 1 amide bonds. The Morgan fingerprint density at radius 2 is 2.18 bits per heavy atom. The molecule has 2 atom stereocenters. The van der Waals surface area contributed by atoms with Crippen LogP contribution in [0.5, 0.6) is 0 Å². The van der Waals surface area contributed by atoms with Gasteiger partial charge in [0, 0.05) is 24.3 Å². The van der Waals surface area contributed by atoms with E-state index in [9.17, 15) is 10.1 Å². The van der Waals surface area contributed by atoms with Gasteiger partial charge in [-0.15, -0.1) is 0 Å². The Hall–Kier alpha value is -1.86. The van der Waals surface area contributed by atoms with Crippen LogP contribution >= 0.6 is 0 Å². The molecule has 0 radical (unpaired) electrons. The number of fused-ring (bicyclic) bond motifs is 1. The molecule has 0 N–H and O–H groups in total. The minimum Gasteiger partial charge on any atom is -0.376 e. The van der Waals surface area contributed by atoms with Crippen molar-refractivity contribution in [2.75, 3.05) is 13.2 Å². The molecule has 116 valence electrons. The average Bonchev–Trinajstić information content (AvgIpc) is 3.06. The maximum Gasteiger partial charge on any atom is 0.255 e. The van der Waals surface area contributed by atoms with E-state index in [1.165, 1.54) is 0 Å². The van der Waals surface area contributed by atoms with Crippen molar-refractivity contribution in [2.45, 2.75) is 51.2 Å². The van der Waals surface area contributed by atoms with E-state index in [0.29, 0.717) is 12.1 Å². The third-order valence-corrected chi connectivity index (χ3v) is 4.56. The van der Waals surface area contributed by atoms with E-state index in [1.807, 2.05) is 18.2 Å². The second kappa shape index (κ2) is 5.40. The lowest BCUT2D eigenvalue weighted by atomic mass is 9.85. The van der Waals surface area contributed by atoms with Crippen molar-refractivity contribution in [1.82, 2.24) is 4.90 Å². The molecule has 4 nitrogen and oxygen atoms in total. The summed E-state index contributed by atoms with van der Waals surface area (Å²) in [4.78, 5) is 14.3. The van der Waals surface area contributed by atoms with Crippen LogP contribution in [0.15, 0.2) is 18.2 Å². The van der Waals surface area contributed by atoms with Gasteiger partial charge in [-0.2, -0.15) is 5.26 Å². The van der Waals surface area contributed by atoms with Crippen LogP contribution < -0.4 is 0 Å². The number of nitrogens with zero attached hydrogens (tertiary/aromatic N) is 2. The van der Waals surface area contributed by atoms with Crippen molar-refractivity contribution in [2.24, 2.45) is 0 Å². The highest BCUT2D eigenvalue weighted by Gasteiger charge is 2.39. The number of hydrogen-bond donors (Lipinski definition) is 0. The molecule has 4 heteroatoms. The van der Waals surface area contributed by atoms with Gasteiger partial charge in [-0.05, 0) is 29.9 Å². The van der Waals surface area contributed by atoms with Crippen LogP contribution in [0, 0.1) is 11.3 Å². The fraction of sp³-hybridized carbons (Fsp3) is 0.556. The molecule has 2 unspecified atom stereocenters. The van der Waals surface area contributed by atoms with E-state index in [1.54, 1.807) is 4.90 Å². The lowest BCUT2D eigenvalue weighted by molar-refractivity contribution is 0.0511. The Kier molecular flexibility index (Phi) is 3.70. The van der Waals surface area contributed by atoms with E-state index >= 15 is 0 Å². The van der Waals surface area contributed by atoms with Gasteiger partial charge in [0.2, 0.25) is 0 Å². The highest BCUT2D eigenvalue weighted by molar-refractivity contribution is 5.99. The first-order valence-electron chi connectivity index (χ1n) is 7.88. The normalized spacial score (nSPS) is 24.5. The highest BCUT2D eigenvalue weighted by atomic mass is 16.5. The Labute approximate surface area is 131 Å². The highest BCUT2D eigenvalue weighted by Crippen LogP contribution is 2.37.